The Bertz CT molecular complexity index is 1000. The van der Waals surface area contributed by atoms with E-state index in [-0.39, 0.29) is 30.8 Å². The number of benzene rings is 2. The SMILES string of the molecule is COCCOC(=O)C1(C(=O)O)Oc2ccc(C[C@@H](C)NC[C@H](O)c3cccc(Cl)c3)cc2O1. The Morgan fingerprint density at radius 2 is 1.91 bits per heavy atom. The van der Waals surface area contributed by atoms with E-state index < -0.39 is 23.8 Å². The lowest BCUT2D eigenvalue weighted by Gasteiger charge is -2.20. The summed E-state index contributed by atoms with van der Waals surface area (Å²) in [6.07, 6.45) is -0.166. The molecule has 2 aromatic rings. The number of rotatable bonds is 11. The van der Waals surface area contributed by atoms with Crippen LogP contribution in [0.1, 0.15) is 24.2 Å². The lowest BCUT2D eigenvalue weighted by Crippen LogP contribution is -2.55. The summed E-state index contributed by atoms with van der Waals surface area (Å²) in [5.74, 6) is -5.13. The number of hydrogen-bond donors (Lipinski definition) is 3. The van der Waals surface area contributed by atoms with Crippen LogP contribution in [0.2, 0.25) is 5.02 Å². The first-order chi connectivity index (χ1) is 15.7. The molecule has 0 aliphatic carbocycles. The topological polar surface area (TPSA) is 124 Å². The maximum atomic E-state index is 12.4. The molecule has 0 aromatic heterocycles. The minimum Gasteiger partial charge on any atom is -0.475 e. The molecule has 2 aromatic carbocycles. The number of carbonyl (C=O) groups is 2. The van der Waals surface area contributed by atoms with Gasteiger partial charge in [-0.05, 0) is 48.7 Å². The van der Waals surface area contributed by atoms with Crippen molar-refractivity contribution < 1.29 is 38.7 Å². The molecule has 0 amide bonds. The van der Waals surface area contributed by atoms with Crippen LogP contribution in [0.5, 0.6) is 11.5 Å². The lowest BCUT2D eigenvalue weighted by molar-refractivity contribution is -0.199. The van der Waals surface area contributed by atoms with Crippen LogP contribution in [0, 0.1) is 0 Å². The fourth-order valence-electron chi connectivity index (χ4n) is 3.31. The third-order valence-electron chi connectivity index (χ3n) is 5.02. The van der Waals surface area contributed by atoms with Crippen LogP contribution in [0.25, 0.3) is 0 Å². The number of ether oxygens (including phenoxy) is 4. The number of aliphatic hydroxyl groups excluding tert-OH is 1. The zero-order valence-corrected chi connectivity index (χ0v) is 19.0. The Morgan fingerprint density at radius 1 is 1.15 bits per heavy atom. The minimum absolute atomic E-state index is 0.0255. The summed E-state index contributed by atoms with van der Waals surface area (Å²) in [6.45, 7) is 2.24. The van der Waals surface area contributed by atoms with Gasteiger partial charge in [-0.1, -0.05) is 29.8 Å². The van der Waals surface area contributed by atoms with Crippen molar-refractivity contribution in [3.63, 3.8) is 0 Å². The number of aliphatic hydroxyl groups is 1. The second kappa shape index (κ2) is 10.8. The zero-order valence-electron chi connectivity index (χ0n) is 18.2. The van der Waals surface area contributed by atoms with Gasteiger partial charge in [-0.25, -0.2) is 9.59 Å². The Morgan fingerprint density at radius 3 is 2.61 bits per heavy atom. The van der Waals surface area contributed by atoms with Gasteiger partial charge in [-0.15, -0.1) is 0 Å². The van der Waals surface area contributed by atoms with Crippen LogP contribution in [0.3, 0.4) is 0 Å². The Labute approximate surface area is 196 Å². The van der Waals surface area contributed by atoms with Crippen molar-refractivity contribution in [2.45, 2.75) is 31.3 Å². The predicted octanol–water partition coefficient (Wildman–Crippen LogP) is 2.34. The molecule has 0 saturated carbocycles. The van der Waals surface area contributed by atoms with E-state index in [2.05, 4.69) is 5.32 Å². The highest BCUT2D eigenvalue weighted by molar-refractivity contribution is 6.30. The van der Waals surface area contributed by atoms with Crippen LogP contribution in [-0.4, -0.2) is 60.8 Å². The molecule has 178 valence electrons. The van der Waals surface area contributed by atoms with Crippen molar-refractivity contribution >= 4 is 23.5 Å². The molecule has 0 spiro atoms. The molecule has 0 fully saturated rings. The van der Waals surface area contributed by atoms with Gasteiger partial charge < -0.3 is 34.5 Å². The quantitative estimate of drug-likeness (QED) is 0.253. The van der Waals surface area contributed by atoms with Crippen LogP contribution in [0.4, 0.5) is 0 Å². The van der Waals surface area contributed by atoms with E-state index in [1.165, 1.54) is 7.11 Å². The average molecular weight is 480 g/mol. The van der Waals surface area contributed by atoms with Crippen LogP contribution in [-0.2, 0) is 25.5 Å². The van der Waals surface area contributed by atoms with Crippen LogP contribution < -0.4 is 14.8 Å². The van der Waals surface area contributed by atoms with Gasteiger partial charge in [0.1, 0.15) is 6.61 Å². The van der Waals surface area contributed by atoms with Gasteiger partial charge >= 0.3 is 17.7 Å². The van der Waals surface area contributed by atoms with Gasteiger partial charge in [0.25, 0.3) is 0 Å². The van der Waals surface area contributed by atoms with Gasteiger partial charge in [-0.3, -0.25) is 0 Å². The second-order valence-electron chi connectivity index (χ2n) is 7.62. The standard InChI is InChI=1S/C23H26ClNO8/c1-14(25-13-18(26)16-4-3-5-17(24)12-16)10-15-6-7-19-20(11-15)33-23(32-19,21(27)28)22(29)31-9-8-30-2/h3-7,11-12,14,18,25-26H,8-10,13H2,1-2H3,(H,27,28)/t14-,18+,23?/m1/s1. The molecule has 3 N–H and O–H groups in total. The van der Waals surface area contributed by atoms with E-state index in [0.717, 1.165) is 5.56 Å². The summed E-state index contributed by atoms with van der Waals surface area (Å²) in [5.41, 5.74) is 1.54. The number of fused-ring (bicyclic) bond motifs is 1. The predicted molar refractivity (Wildman–Crippen MR) is 118 cm³/mol. The number of nitrogens with one attached hydrogen (secondary N) is 1. The van der Waals surface area contributed by atoms with Gasteiger partial charge in [-0.2, -0.15) is 0 Å². The van der Waals surface area contributed by atoms with E-state index in [0.29, 0.717) is 23.6 Å². The molecule has 1 aliphatic heterocycles. The van der Waals surface area contributed by atoms with Gasteiger partial charge in [0, 0.05) is 24.7 Å². The summed E-state index contributed by atoms with van der Waals surface area (Å²) in [6, 6.07) is 11.9. The third-order valence-corrected chi connectivity index (χ3v) is 5.26. The summed E-state index contributed by atoms with van der Waals surface area (Å²) < 4.78 is 20.5. The number of esters is 1. The van der Waals surface area contributed by atoms with Crippen molar-refractivity contribution in [3.05, 3.63) is 58.6 Å². The first-order valence-corrected chi connectivity index (χ1v) is 10.7. The smallest absolute Gasteiger partial charge is 0.453 e. The number of hydrogen-bond acceptors (Lipinski definition) is 8. The maximum Gasteiger partial charge on any atom is 0.453 e. The minimum atomic E-state index is -2.60. The molecule has 0 radical (unpaired) electrons. The highest BCUT2D eigenvalue weighted by atomic mass is 35.5. The second-order valence-corrected chi connectivity index (χ2v) is 8.06. The van der Waals surface area contributed by atoms with Crippen molar-refractivity contribution in [2.24, 2.45) is 0 Å². The summed E-state index contributed by atoms with van der Waals surface area (Å²) >= 11 is 5.97. The number of methoxy groups -OCH3 is 1. The first-order valence-electron chi connectivity index (χ1n) is 10.3. The van der Waals surface area contributed by atoms with E-state index in [9.17, 15) is 19.8 Å². The summed E-state index contributed by atoms with van der Waals surface area (Å²) in [4.78, 5) is 24.1. The highest BCUT2D eigenvalue weighted by Gasteiger charge is 2.58. The number of aliphatic carboxylic acids is 1. The van der Waals surface area contributed by atoms with E-state index in [1.807, 2.05) is 6.92 Å². The zero-order chi connectivity index (χ0) is 24.0. The number of carbonyl (C=O) groups excluding carboxylic acids is 1. The van der Waals surface area contributed by atoms with Crippen LogP contribution >= 0.6 is 11.6 Å². The van der Waals surface area contributed by atoms with Crippen molar-refractivity contribution in [1.82, 2.24) is 5.32 Å². The van der Waals surface area contributed by atoms with Gasteiger partial charge in [0.15, 0.2) is 11.5 Å². The van der Waals surface area contributed by atoms with Crippen LogP contribution in [0.15, 0.2) is 42.5 Å². The van der Waals surface area contributed by atoms with E-state index >= 15 is 0 Å². The molecule has 0 saturated heterocycles. The molecule has 1 heterocycles. The number of carboxylic acid groups (broad SMARTS) is 1. The maximum absolute atomic E-state index is 12.4. The van der Waals surface area contributed by atoms with Gasteiger partial charge in [0.2, 0.25) is 0 Å². The fraction of sp³-hybridized carbons (Fsp3) is 0.391. The molecule has 1 aliphatic rings. The number of carboxylic acids is 1. The van der Waals surface area contributed by atoms with Crippen molar-refractivity contribution in [3.8, 4) is 11.5 Å². The monoisotopic (exact) mass is 479 g/mol. The Balaban J connectivity index is 1.61. The third kappa shape index (κ3) is 5.94. The highest BCUT2D eigenvalue weighted by Crippen LogP contribution is 2.41. The van der Waals surface area contributed by atoms with Gasteiger partial charge in [0.05, 0.1) is 12.7 Å². The average Bonchev–Trinajstić information content (AvgIpc) is 3.18. The molecule has 1 unspecified atom stereocenters. The molecule has 10 heteroatoms. The Kier molecular flexibility index (Phi) is 8.15. The molecular weight excluding hydrogens is 454 g/mol. The summed E-state index contributed by atoms with van der Waals surface area (Å²) in [5, 5.41) is 23.8. The normalized spacial score (nSPS) is 18.5. The van der Waals surface area contributed by atoms with Crippen molar-refractivity contribution in [1.29, 1.82) is 0 Å². The fourth-order valence-corrected chi connectivity index (χ4v) is 3.51. The molecule has 3 atom stereocenters. The molecular formula is C23H26ClNO8. The van der Waals surface area contributed by atoms with E-state index in [1.54, 1.807) is 42.5 Å². The number of halogens is 1. The van der Waals surface area contributed by atoms with Crippen molar-refractivity contribution in [2.75, 3.05) is 26.9 Å². The molecule has 33 heavy (non-hydrogen) atoms. The lowest BCUT2D eigenvalue weighted by atomic mass is 10.1. The molecule has 0 bridgehead atoms. The largest absolute Gasteiger partial charge is 0.475 e. The first kappa shape index (κ1) is 24.8. The Hall–Kier alpha value is -2.85. The molecule has 9 nitrogen and oxygen atoms in total. The summed E-state index contributed by atoms with van der Waals surface area (Å²) in [7, 11) is 1.43. The molecule has 3 rings (SSSR count). The van der Waals surface area contributed by atoms with E-state index in [4.69, 9.17) is 30.5 Å².